The fourth-order valence-electron chi connectivity index (χ4n) is 2.79. The van der Waals surface area contributed by atoms with E-state index in [-0.39, 0.29) is 5.91 Å². The summed E-state index contributed by atoms with van der Waals surface area (Å²) >= 11 is 0. The van der Waals surface area contributed by atoms with E-state index in [0.29, 0.717) is 6.04 Å². The van der Waals surface area contributed by atoms with Crippen LogP contribution in [-0.2, 0) is 0 Å². The molecular weight excluding hydrogens is 250 g/mol. The van der Waals surface area contributed by atoms with Gasteiger partial charge in [-0.1, -0.05) is 13.0 Å². The molecule has 1 aliphatic rings. The van der Waals surface area contributed by atoms with Crippen molar-refractivity contribution >= 4 is 11.6 Å². The summed E-state index contributed by atoms with van der Waals surface area (Å²) in [6.45, 7) is 7.67. The number of hydrogen-bond donors (Lipinski definition) is 2. The minimum atomic E-state index is -0.0213. The zero-order valence-corrected chi connectivity index (χ0v) is 12.7. The summed E-state index contributed by atoms with van der Waals surface area (Å²) in [4.78, 5) is 14.3. The number of nitrogens with zero attached hydrogens (tertiary/aromatic N) is 1. The molecule has 0 bridgehead atoms. The van der Waals surface area contributed by atoms with Gasteiger partial charge >= 0.3 is 0 Å². The Morgan fingerprint density at radius 3 is 2.65 bits per heavy atom. The molecule has 1 heterocycles. The maximum atomic E-state index is 11.8. The molecule has 1 saturated heterocycles. The zero-order valence-electron chi connectivity index (χ0n) is 12.7. The first-order valence-corrected chi connectivity index (χ1v) is 7.46. The number of amides is 1. The van der Waals surface area contributed by atoms with Crippen LogP contribution in [0.15, 0.2) is 18.2 Å². The molecule has 0 aromatic heterocycles. The van der Waals surface area contributed by atoms with E-state index in [2.05, 4.69) is 28.5 Å². The molecule has 0 atom stereocenters. The number of nitrogens with one attached hydrogen (secondary N) is 2. The van der Waals surface area contributed by atoms with Crippen LogP contribution in [0.4, 0.5) is 5.69 Å². The van der Waals surface area contributed by atoms with E-state index < -0.39 is 0 Å². The van der Waals surface area contributed by atoms with E-state index in [1.165, 1.54) is 0 Å². The predicted octanol–water partition coefficient (Wildman–Crippen LogP) is 2.25. The normalized spacial score (nSPS) is 16.9. The van der Waals surface area contributed by atoms with Gasteiger partial charge in [-0.25, -0.2) is 0 Å². The summed E-state index contributed by atoms with van der Waals surface area (Å²) in [6, 6.07) is 6.39. The van der Waals surface area contributed by atoms with Crippen LogP contribution < -0.4 is 10.6 Å². The standard InChI is InChI=1S/C16H25N3O/c1-4-19-10-8-13(9-11-19)18-15-7-5-6-14(12(15)2)16(20)17-3/h5-7,13,18H,4,8-11H2,1-3H3,(H,17,20). The predicted molar refractivity (Wildman–Crippen MR) is 83.3 cm³/mol. The van der Waals surface area contributed by atoms with Gasteiger partial charge in [-0.05, 0) is 44.0 Å². The quantitative estimate of drug-likeness (QED) is 0.886. The van der Waals surface area contributed by atoms with Gasteiger partial charge < -0.3 is 15.5 Å². The molecule has 1 aromatic carbocycles. The molecule has 20 heavy (non-hydrogen) atoms. The summed E-state index contributed by atoms with van der Waals surface area (Å²) in [6.07, 6.45) is 2.33. The molecule has 1 aromatic rings. The van der Waals surface area contributed by atoms with Gasteiger partial charge in [-0.2, -0.15) is 0 Å². The lowest BCUT2D eigenvalue weighted by Gasteiger charge is -2.32. The summed E-state index contributed by atoms with van der Waals surface area (Å²) in [5.74, 6) is -0.0213. The first-order chi connectivity index (χ1) is 9.65. The fraction of sp³-hybridized carbons (Fsp3) is 0.562. The van der Waals surface area contributed by atoms with E-state index in [1.807, 2.05) is 19.1 Å². The van der Waals surface area contributed by atoms with Crippen molar-refractivity contribution in [2.75, 3.05) is 32.0 Å². The van der Waals surface area contributed by atoms with Gasteiger partial charge in [-0.3, -0.25) is 4.79 Å². The lowest BCUT2D eigenvalue weighted by Crippen LogP contribution is -2.39. The number of likely N-dealkylation sites (tertiary alicyclic amines) is 1. The molecule has 1 fully saturated rings. The highest BCUT2D eigenvalue weighted by Crippen LogP contribution is 2.22. The number of piperidine rings is 1. The summed E-state index contributed by atoms with van der Waals surface area (Å²) in [7, 11) is 1.67. The number of rotatable bonds is 4. The monoisotopic (exact) mass is 275 g/mol. The smallest absolute Gasteiger partial charge is 0.251 e. The highest BCUT2D eigenvalue weighted by Gasteiger charge is 2.19. The molecule has 0 unspecified atom stereocenters. The van der Waals surface area contributed by atoms with E-state index in [0.717, 1.165) is 49.3 Å². The molecule has 0 spiro atoms. The second kappa shape index (κ2) is 6.75. The van der Waals surface area contributed by atoms with Crippen LogP contribution in [0.2, 0.25) is 0 Å². The van der Waals surface area contributed by atoms with Crippen molar-refractivity contribution in [2.45, 2.75) is 32.7 Å². The topological polar surface area (TPSA) is 44.4 Å². The first-order valence-electron chi connectivity index (χ1n) is 7.46. The zero-order chi connectivity index (χ0) is 14.5. The molecule has 1 aliphatic heterocycles. The van der Waals surface area contributed by atoms with Crippen molar-refractivity contribution in [3.8, 4) is 0 Å². The Bertz CT molecular complexity index is 465. The number of anilines is 1. The molecular formula is C16H25N3O. The molecule has 110 valence electrons. The second-order valence-corrected chi connectivity index (χ2v) is 5.41. The average Bonchev–Trinajstić information content (AvgIpc) is 2.49. The Kier molecular flexibility index (Phi) is 5.01. The van der Waals surface area contributed by atoms with Gasteiger partial charge in [0, 0.05) is 37.4 Å². The number of carbonyl (C=O) groups excluding carboxylic acids is 1. The van der Waals surface area contributed by atoms with Crippen LogP contribution in [0, 0.1) is 6.92 Å². The van der Waals surface area contributed by atoms with Gasteiger partial charge in [0.2, 0.25) is 0 Å². The Balaban J connectivity index is 2.05. The Hall–Kier alpha value is -1.55. The number of benzene rings is 1. The third kappa shape index (κ3) is 3.31. The maximum Gasteiger partial charge on any atom is 0.251 e. The van der Waals surface area contributed by atoms with Crippen molar-refractivity contribution in [1.82, 2.24) is 10.2 Å². The molecule has 0 saturated carbocycles. The van der Waals surface area contributed by atoms with Crippen molar-refractivity contribution in [2.24, 2.45) is 0 Å². The van der Waals surface area contributed by atoms with Gasteiger partial charge in [0.15, 0.2) is 0 Å². The van der Waals surface area contributed by atoms with Gasteiger partial charge in [0.25, 0.3) is 5.91 Å². The van der Waals surface area contributed by atoms with Crippen molar-refractivity contribution in [1.29, 1.82) is 0 Å². The van der Waals surface area contributed by atoms with Crippen LogP contribution in [0.3, 0.4) is 0 Å². The average molecular weight is 275 g/mol. The largest absolute Gasteiger partial charge is 0.382 e. The van der Waals surface area contributed by atoms with Gasteiger partial charge in [0.1, 0.15) is 0 Å². The van der Waals surface area contributed by atoms with Gasteiger partial charge in [-0.15, -0.1) is 0 Å². The van der Waals surface area contributed by atoms with Crippen molar-refractivity contribution in [3.63, 3.8) is 0 Å². The van der Waals surface area contributed by atoms with Crippen molar-refractivity contribution in [3.05, 3.63) is 29.3 Å². The number of carbonyl (C=O) groups is 1. The lowest BCUT2D eigenvalue weighted by atomic mass is 10.0. The molecule has 2 rings (SSSR count). The molecule has 4 heteroatoms. The highest BCUT2D eigenvalue weighted by atomic mass is 16.1. The molecule has 2 N–H and O–H groups in total. The summed E-state index contributed by atoms with van der Waals surface area (Å²) < 4.78 is 0. The van der Waals surface area contributed by atoms with E-state index >= 15 is 0 Å². The Morgan fingerprint density at radius 1 is 1.35 bits per heavy atom. The van der Waals surface area contributed by atoms with Crippen LogP contribution in [0.25, 0.3) is 0 Å². The maximum absolute atomic E-state index is 11.8. The third-order valence-corrected chi connectivity index (χ3v) is 4.20. The SMILES string of the molecule is CCN1CCC(Nc2cccc(C(=O)NC)c2C)CC1. The van der Waals surface area contributed by atoms with E-state index in [9.17, 15) is 4.79 Å². The summed E-state index contributed by atoms with van der Waals surface area (Å²) in [5, 5.41) is 6.30. The van der Waals surface area contributed by atoms with Crippen LogP contribution in [0.5, 0.6) is 0 Å². The van der Waals surface area contributed by atoms with Crippen molar-refractivity contribution < 1.29 is 4.79 Å². The minimum Gasteiger partial charge on any atom is -0.382 e. The van der Waals surface area contributed by atoms with E-state index in [1.54, 1.807) is 7.05 Å². The highest BCUT2D eigenvalue weighted by molar-refractivity contribution is 5.96. The second-order valence-electron chi connectivity index (χ2n) is 5.41. The fourth-order valence-corrected chi connectivity index (χ4v) is 2.79. The van der Waals surface area contributed by atoms with Crippen LogP contribution >= 0.6 is 0 Å². The van der Waals surface area contributed by atoms with Gasteiger partial charge in [0.05, 0.1) is 0 Å². The summed E-state index contributed by atoms with van der Waals surface area (Å²) in [5.41, 5.74) is 2.87. The molecule has 1 amide bonds. The van der Waals surface area contributed by atoms with Crippen LogP contribution in [0.1, 0.15) is 35.7 Å². The Labute approximate surface area is 121 Å². The molecule has 0 radical (unpaired) electrons. The molecule has 4 nitrogen and oxygen atoms in total. The first kappa shape index (κ1) is 14.9. The van der Waals surface area contributed by atoms with Crippen LogP contribution in [-0.4, -0.2) is 43.5 Å². The van der Waals surface area contributed by atoms with E-state index in [4.69, 9.17) is 0 Å². The molecule has 0 aliphatic carbocycles. The number of hydrogen-bond acceptors (Lipinski definition) is 3. The Morgan fingerprint density at radius 2 is 2.05 bits per heavy atom. The minimum absolute atomic E-state index is 0.0213. The lowest BCUT2D eigenvalue weighted by molar-refractivity contribution is 0.0962. The third-order valence-electron chi connectivity index (χ3n) is 4.20.